The smallest absolute Gasteiger partial charge is 0.255 e. The number of aromatic nitrogens is 1. The Hall–Kier alpha value is -2.76. The summed E-state index contributed by atoms with van der Waals surface area (Å²) < 4.78 is 25.9. The van der Waals surface area contributed by atoms with Crippen molar-refractivity contribution in [1.29, 1.82) is 0 Å². The molecule has 1 amide bonds. The van der Waals surface area contributed by atoms with E-state index in [1.54, 1.807) is 18.2 Å². The Labute approximate surface area is 120 Å². The summed E-state index contributed by atoms with van der Waals surface area (Å²) in [5.74, 6) is -1.96. The normalized spacial score (nSPS) is 10.0. The Balaban J connectivity index is 2.05. The highest BCUT2D eigenvalue weighted by Crippen LogP contribution is 2.13. The molecule has 0 spiro atoms. The van der Waals surface area contributed by atoms with Crippen LogP contribution in [0.2, 0.25) is 0 Å². The molecule has 2 rings (SSSR count). The van der Waals surface area contributed by atoms with E-state index >= 15 is 0 Å². The van der Waals surface area contributed by atoms with Crippen molar-refractivity contribution >= 4 is 17.4 Å². The number of benzene rings is 1. The van der Waals surface area contributed by atoms with Gasteiger partial charge in [-0.05, 0) is 30.3 Å². The third-order valence-corrected chi connectivity index (χ3v) is 2.63. The molecule has 0 unspecified atom stereocenters. The van der Waals surface area contributed by atoms with Gasteiger partial charge in [-0.2, -0.15) is 0 Å². The number of hydrogen-bond donors (Lipinski definition) is 2. The average Bonchev–Trinajstić information content (AvgIpc) is 2.49. The molecule has 0 bridgehead atoms. The summed E-state index contributed by atoms with van der Waals surface area (Å²) in [6.45, 7) is 4.15. The second-order valence-corrected chi connectivity index (χ2v) is 4.18. The standard InChI is InChI=1S/C15H13F2N3O/c1-2-7-18-14-6-4-11(9-19-14)20-15(21)10-3-5-12(16)13(17)8-10/h2-6,8-9H,1,7H2,(H,18,19)(H,20,21). The lowest BCUT2D eigenvalue weighted by atomic mass is 10.2. The highest BCUT2D eigenvalue weighted by Gasteiger charge is 2.10. The monoisotopic (exact) mass is 289 g/mol. The van der Waals surface area contributed by atoms with E-state index in [2.05, 4.69) is 22.2 Å². The fraction of sp³-hybridized carbons (Fsp3) is 0.0667. The number of hydrogen-bond acceptors (Lipinski definition) is 3. The zero-order valence-electron chi connectivity index (χ0n) is 11.1. The first-order chi connectivity index (χ1) is 10.1. The van der Waals surface area contributed by atoms with Crippen LogP contribution in [0.25, 0.3) is 0 Å². The molecule has 0 saturated carbocycles. The summed E-state index contributed by atoms with van der Waals surface area (Å²) in [5, 5.41) is 5.54. The molecule has 1 aromatic carbocycles. The number of nitrogens with zero attached hydrogens (tertiary/aromatic N) is 1. The van der Waals surface area contributed by atoms with Gasteiger partial charge in [0.25, 0.3) is 5.91 Å². The Morgan fingerprint density at radius 2 is 2.05 bits per heavy atom. The number of halogens is 2. The number of carbonyl (C=O) groups is 1. The molecular formula is C15H13F2N3O. The summed E-state index contributed by atoms with van der Waals surface area (Å²) >= 11 is 0. The van der Waals surface area contributed by atoms with Crippen molar-refractivity contribution in [3.8, 4) is 0 Å². The van der Waals surface area contributed by atoms with Crippen LogP contribution >= 0.6 is 0 Å². The summed E-state index contributed by atoms with van der Waals surface area (Å²) in [7, 11) is 0. The fourth-order valence-corrected chi connectivity index (χ4v) is 1.59. The molecule has 6 heteroatoms. The molecule has 1 heterocycles. The van der Waals surface area contributed by atoms with Gasteiger partial charge in [0.1, 0.15) is 5.82 Å². The third kappa shape index (κ3) is 3.85. The summed E-state index contributed by atoms with van der Waals surface area (Å²) in [6, 6.07) is 6.30. The van der Waals surface area contributed by atoms with E-state index < -0.39 is 17.5 Å². The minimum absolute atomic E-state index is 0.0303. The van der Waals surface area contributed by atoms with Crippen molar-refractivity contribution in [2.24, 2.45) is 0 Å². The second kappa shape index (κ2) is 6.60. The van der Waals surface area contributed by atoms with Gasteiger partial charge in [-0.1, -0.05) is 6.08 Å². The van der Waals surface area contributed by atoms with E-state index in [9.17, 15) is 13.6 Å². The number of carbonyl (C=O) groups excluding carboxylic acids is 1. The molecular weight excluding hydrogens is 276 g/mol. The molecule has 2 N–H and O–H groups in total. The van der Waals surface area contributed by atoms with Gasteiger partial charge in [0.2, 0.25) is 0 Å². The lowest BCUT2D eigenvalue weighted by molar-refractivity contribution is 0.102. The molecule has 0 atom stereocenters. The van der Waals surface area contributed by atoms with E-state index in [0.29, 0.717) is 18.1 Å². The Bertz CT molecular complexity index is 656. The van der Waals surface area contributed by atoms with E-state index in [0.717, 1.165) is 12.1 Å². The maximum atomic E-state index is 13.1. The molecule has 0 aliphatic heterocycles. The number of rotatable bonds is 5. The highest BCUT2D eigenvalue weighted by atomic mass is 19.2. The molecule has 108 valence electrons. The van der Waals surface area contributed by atoms with Crippen LogP contribution < -0.4 is 10.6 Å². The third-order valence-electron chi connectivity index (χ3n) is 2.63. The van der Waals surface area contributed by atoms with E-state index in [-0.39, 0.29) is 5.56 Å². The van der Waals surface area contributed by atoms with Gasteiger partial charge in [0, 0.05) is 12.1 Å². The molecule has 1 aromatic heterocycles. The van der Waals surface area contributed by atoms with Crippen LogP contribution in [0.3, 0.4) is 0 Å². The molecule has 2 aromatic rings. The molecule has 0 fully saturated rings. The summed E-state index contributed by atoms with van der Waals surface area (Å²) in [5.41, 5.74) is 0.483. The first-order valence-electron chi connectivity index (χ1n) is 6.17. The number of pyridine rings is 1. The Morgan fingerprint density at radius 3 is 2.67 bits per heavy atom. The van der Waals surface area contributed by atoms with Gasteiger partial charge >= 0.3 is 0 Å². The number of nitrogens with one attached hydrogen (secondary N) is 2. The van der Waals surface area contributed by atoms with Crippen LogP contribution in [0.1, 0.15) is 10.4 Å². The van der Waals surface area contributed by atoms with E-state index in [4.69, 9.17) is 0 Å². The predicted octanol–water partition coefficient (Wildman–Crippen LogP) is 3.21. The summed E-state index contributed by atoms with van der Waals surface area (Å²) in [6.07, 6.45) is 3.16. The van der Waals surface area contributed by atoms with Crippen LogP contribution in [0.15, 0.2) is 49.2 Å². The van der Waals surface area contributed by atoms with Crippen LogP contribution in [-0.4, -0.2) is 17.4 Å². The first-order valence-corrected chi connectivity index (χ1v) is 6.17. The Kier molecular flexibility index (Phi) is 4.61. The maximum absolute atomic E-state index is 13.1. The lowest BCUT2D eigenvalue weighted by Crippen LogP contribution is -2.12. The minimum atomic E-state index is -1.07. The van der Waals surface area contributed by atoms with Gasteiger partial charge < -0.3 is 10.6 Å². The molecule has 0 radical (unpaired) electrons. The lowest BCUT2D eigenvalue weighted by Gasteiger charge is -2.07. The fourth-order valence-electron chi connectivity index (χ4n) is 1.59. The predicted molar refractivity (Wildman–Crippen MR) is 77.2 cm³/mol. The first kappa shape index (κ1) is 14.6. The van der Waals surface area contributed by atoms with Crippen LogP contribution in [-0.2, 0) is 0 Å². The van der Waals surface area contributed by atoms with Gasteiger partial charge in [0.05, 0.1) is 11.9 Å². The molecule has 0 aliphatic rings. The van der Waals surface area contributed by atoms with Gasteiger partial charge in [-0.15, -0.1) is 6.58 Å². The number of anilines is 2. The van der Waals surface area contributed by atoms with E-state index in [1.807, 2.05) is 0 Å². The second-order valence-electron chi connectivity index (χ2n) is 4.18. The zero-order chi connectivity index (χ0) is 15.2. The van der Waals surface area contributed by atoms with Crippen LogP contribution in [0.5, 0.6) is 0 Å². The van der Waals surface area contributed by atoms with Gasteiger partial charge in [-0.3, -0.25) is 4.79 Å². The number of amides is 1. The summed E-state index contributed by atoms with van der Waals surface area (Å²) in [4.78, 5) is 16.0. The van der Waals surface area contributed by atoms with Gasteiger partial charge in [0.15, 0.2) is 11.6 Å². The van der Waals surface area contributed by atoms with Crippen molar-refractivity contribution in [3.63, 3.8) is 0 Å². The topological polar surface area (TPSA) is 54.0 Å². The van der Waals surface area contributed by atoms with E-state index in [1.165, 1.54) is 12.3 Å². The largest absolute Gasteiger partial charge is 0.367 e. The molecule has 0 saturated heterocycles. The zero-order valence-corrected chi connectivity index (χ0v) is 11.1. The van der Waals surface area contributed by atoms with Crippen molar-refractivity contribution in [2.45, 2.75) is 0 Å². The molecule has 21 heavy (non-hydrogen) atoms. The average molecular weight is 289 g/mol. The van der Waals surface area contributed by atoms with Crippen molar-refractivity contribution in [1.82, 2.24) is 4.98 Å². The van der Waals surface area contributed by atoms with Crippen LogP contribution in [0, 0.1) is 11.6 Å². The molecule has 0 aliphatic carbocycles. The van der Waals surface area contributed by atoms with Gasteiger partial charge in [-0.25, -0.2) is 13.8 Å². The quantitative estimate of drug-likeness (QED) is 0.831. The minimum Gasteiger partial charge on any atom is -0.367 e. The van der Waals surface area contributed by atoms with Crippen molar-refractivity contribution in [3.05, 3.63) is 66.4 Å². The highest BCUT2D eigenvalue weighted by molar-refractivity contribution is 6.04. The maximum Gasteiger partial charge on any atom is 0.255 e. The Morgan fingerprint density at radius 1 is 1.24 bits per heavy atom. The SMILES string of the molecule is C=CCNc1ccc(NC(=O)c2ccc(F)c(F)c2)cn1. The molecule has 4 nitrogen and oxygen atoms in total. The van der Waals surface area contributed by atoms with Crippen LogP contribution in [0.4, 0.5) is 20.3 Å². The van der Waals surface area contributed by atoms with Crippen molar-refractivity contribution < 1.29 is 13.6 Å². The van der Waals surface area contributed by atoms with Crippen molar-refractivity contribution in [2.75, 3.05) is 17.2 Å².